The van der Waals surface area contributed by atoms with Gasteiger partial charge >= 0.3 is 4.87 Å². The highest BCUT2D eigenvalue weighted by Gasteiger charge is 2.33. The number of phenols is 1. The number of phenolic OH excluding ortho intramolecular Hbond substituents is 1. The predicted molar refractivity (Wildman–Crippen MR) is 92.4 cm³/mol. The Balaban J connectivity index is 1.74. The SMILES string of the molecule is Cc1[nH]c(=O)sc1S(=O)(=O)N1CCN(C(=O)c2ccccc2O)CC1. The van der Waals surface area contributed by atoms with Gasteiger partial charge < -0.3 is 15.0 Å². The number of aromatic nitrogens is 1. The van der Waals surface area contributed by atoms with E-state index in [1.165, 1.54) is 21.3 Å². The summed E-state index contributed by atoms with van der Waals surface area (Å²) in [5, 5.41) is 9.79. The highest BCUT2D eigenvalue weighted by atomic mass is 32.2. The third-order valence-corrected chi connectivity index (χ3v) is 7.50. The lowest BCUT2D eigenvalue weighted by molar-refractivity contribution is 0.0695. The lowest BCUT2D eigenvalue weighted by atomic mass is 10.1. The highest BCUT2D eigenvalue weighted by Crippen LogP contribution is 2.24. The van der Waals surface area contributed by atoms with Gasteiger partial charge in [-0.25, -0.2) is 8.42 Å². The number of thiazole rings is 1. The monoisotopic (exact) mass is 383 g/mol. The Morgan fingerprint density at radius 1 is 1.20 bits per heavy atom. The molecule has 25 heavy (non-hydrogen) atoms. The van der Waals surface area contributed by atoms with E-state index in [9.17, 15) is 23.1 Å². The zero-order valence-electron chi connectivity index (χ0n) is 13.4. The van der Waals surface area contributed by atoms with E-state index in [1.807, 2.05) is 0 Å². The number of rotatable bonds is 3. The third-order valence-electron chi connectivity index (χ3n) is 4.02. The molecule has 3 rings (SSSR count). The summed E-state index contributed by atoms with van der Waals surface area (Å²) >= 11 is 0.667. The molecule has 0 saturated carbocycles. The molecule has 10 heteroatoms. The van der Waals surface area contributed by atoms with E-state index in [4.69, 9.17) is 0 Å². The average Bonchev–Trinajstić information content (AvgIpc) is 2.94. The first-order valence-electron chi connectivity index (χ1n) is 7.58. The summed E-state index contributed by atoms with van der Waals surface area (Å²) in [6.45, 7) is 2.23. The van der Waals surface area contributed by atoms with Crippen LogP contribution in [0.4, 0.5) is 0 Å². The number of piperazine rings is 1. The lowest BCUT2D eigenvalue weighted by Crippen LogP contribution is -2.50. The van der Waals surface area contributed by atoms with Crippen molar-refractivity contribution in [1.29, 1.82) is 0 Å². The van der Waals surface area contributed by atoms with E-state index in [0.717, 1.165) is 0 Å². The Hall–Kier alpha value is -2.17. The van der Waals surface area contributed by atoms with Crippen molar-refractivity contribution in [3.05, 3.63) is 45.2 Å². The van der Waals surface area contributed by atoms with Crippen LogP contribution in [0.15, 0.2) is 33.3 Å². The van der Waals surface area contributed by atoms with Crippen LogP contribution in [0.5, 0.6) is 5.75 Å². The quantitative estimate of drug-likeness (QED) is 0.806. The maximum absolute atomic E-state index is 12.7. The number of benzene rings is 1. The smallest absolute Gasteiger partial charge is 0.305 e. The van der Waals surface area contributed by atoms with Crippen molar-refractivity contribution in [3.63, 3.8) is 0 Å². The van der Waals surface area contributed by atoms with Gasteiger partial charge in [-0.3, -0.25) is 9.59 Å². The van der Waals surface area contributed by atoms with Gasteiger partial charge in [-0.2, -0.15) is 4.31 Å². The van der Waals surface area contributed by atoms with E-state index < -0.39 is 14.9 Å². The first kappa shape index (κ1) is 17.6. The van der Waals surface area contributed by atoms with Crippen LogP contribution in [0.1, 0.15) is 16.1 Å². The second-order valence-corrected chi connectivity index (χ2v) is 8.76. The lowest BCUT2D eigenvalue weighted by Gasteiger charge is -2.33. The fraction of sp³-hybridized carbons (Fsp3) is 0.333. The number of hydrogen-bond acceptors (Lipinski definition) is 6. The van der Waals surface area contributed by atoms with Crippen LogP contribution in [0, 0.1) is 6.92 Å². The largest absolute Gasteiger partial charge is 0.507 e. The minimum Gasteiger partial charge on any atom is -0.507 e. The summed E-state index contributed by atoms with van der Waals surface area (Å²) in [7, 11) is -3.76. The minimum absolute atomic E-state index is 0.0120. The zero-order chi connectivity index (χ0) is 18.2. The number of sulfonamides is 1. The van der Waals surface area contributed by atoms with Crippen LogP contribution in [-0.4, -0.2) is 59.8 Å². The van der Waals surface area contributed by atoms with Crippen LogP contribution < -0.4 is 4.87 Å². The van der Waals surface area contributed by atoms with Crippen molar-refractivity contribution in [2.45, 2.75) is 11.1 Å². The van der Waals surface area contributed by atoms with Gasteiger partial charge in [-0.15, -0.1) is 0 Å². The van der Waals surface area contributed by atoms with E-state index in [0.29, 0.717) is 17.0 Å². The molecule has 1 fully saturated rings. The summed E-state index contributed by atoms with van der Waals surface area (Å²) in [6.07, 6.45) is 0. The Kier molecular flexibility index (Phi) is 4.67. The number of aromatic amines is 1. The van der Waals surface area contributed by atoms with E-state index >= 15 is 0 Å². The number of para-hydroxylation sites is 1. The average molecular weight is 383 g/mol. The van der Waals surface area contributed by atoms with Gasteiger partial charge in [0, 0.05) is 31.9 Å². The highest BCUT2D eigenvalue weighted by molar-refractivity contribution is 7.91. The number of nitrogens with zero attached hydrogens (tertiary/aromatic N) is 2. The standard InChI is InChI=1S/C15H17N3O5S2/c1-10-14(24-15(21)16-10)25(22,23)18-8-6-17(7-9-18)13(20)11-4-2-3-5-12(11)19/h2-5,19H,6-9H2,1H3,(H,16,21). The number of aryl methyl sites for hydroxylation is 1. The summed E-state index contributed by atoms with van der Waals surface area (Å²) in [5.41, 5.74) is 0.515. The van der Waals surface area contributed by atoms with Gasteiger partial charge in [0.05, 0.1) is 5.56 Å². The molecule has 1 aliphatic heterocycles. The molecular weight excluding hydrogens is 366 g/mol. The normalized spacial score (nSPS) is 16.1. The predicted octanol–water partition coefficient (Wildman–Crippen LogP) is 0.597. The van der Waals surface area contributed by atoms with Crippen molar-refractivity contribution < 1.29 is 18.3 Å². The molecular formula is C15H17N3O5S2. The van der Waals surface area contributed by atoms with Crippen LogP contribution in [0.3, 0.4) is 0 Å². The van der Waals surface area contributed by atoms with Gasteiger partial charge in [-0.1, -0.05) is 23.5 Å². The maximum Gasteiger partial charge on any atom is 0.305 e. The molecule has 2 heterocycles. The summed E-state index contributed by atoms with van der Waals surface area (Å²) in [6, 6.07) is 6.25. The number of carbonyl (C=O) groups excluding carboxylic acids is 1. The van der Waals surface area contributed by atoms with Crippen molar-refractivity contribution in [2.75, 3.05) is 26.2 Å². The van der Waals surface area contributed by atoms with E-state index in [2.05, 4.69) is 4.98 Å². The van der Waals surface area contributed by atoms with Gasteiger partial charge in [0.2, 0.25) is 0 Å². The van der Waals surface area contributed by atoms with Crippen molar-refractivity contribution in [2.24, 2.45) is 0 Å². The van der Waals surface area contributed by atoms with Gasteiger partial charge in [0.1, 0.15) is 5.75 Å². The summed E-state index contributed by atoms with van der Waals surface area (Å²) < 4.78 is 26.6. The first-order valence-corrected chi connectivity index (χ1v) is 9.83. The molecule has 0 unspecified atom stereocenters. The summed E-state index contributed by atoms with van der Waals surface area (Å²) in [5.74, 6) is -0.437. The molecule has 2 aromatic rings. The Labute approximate surface area is 148 Å². The summed E-state index contributed by atoms with van der Waals surface area (Å²) in [4.78, 5) is 27.4. The number of carbonyl (C=O) groups is 1. The van der Waals surface area contributed by atoms with Crippen LogP contribution in [0.25, 0.3) is 0 Å². The molecule has 134 valence electrons. The van der Waals surface area contributed by atoms with Crippen LogP contribution >= 0.6 is 11.3 Å². The molecule has 0 atom stereocenters. The Bertz CT molecular complexity index is 956. The first-order chi connectivity index (χ1) is 11.8. The number of H-pyrrole nitrogens is 1. The maximum atomic E-state index is 12.7. The van der Waals surface area contributed by atoms with Crippen molar-refractivity contribution >= 4 is 27.3 Å². The number of amides is 1. The van der Waals surface area contributed by atoms with E-state index in [-0.39, 0.29) is 47.6 Å². The molecule has 1 saturated heterocycles. The van der Waals surface area contributed by atoms with Gasteiger partial charge in [0.25, 0.3) is 15.9 Å². The Morgan fingerprint density at radius 2 is 1.84 bits per heavy atom. The van der Waals surface area contributed by atoms with Crippen molar-refractivity contribution in [3.8, 4) is 5.75 Å². The molecule has 8 nitrogen and oxygen atoms in total. The fourth-order valence-corrected chi connectivity index (χ4v) is 5.57. The molecule has 2 N–H and O–H groups in total. The molecule has 1 aliphatic rings. The molecule has 1 aromatic heterocycles. The van der Waals surface area contributed by atoms with Gasteiger partial charge in [0.15, 0.2) is 4.21 Å². The molecule has 1 amide bonds. The number of hydrogen-bond donors (Lipinski definition) is 2. The number of aromatic hydroxyl groups is 1. The second-order valence-electron chi connectivity index (χ2n) is 5.64. The zero-order valence-corrected chi connectivity index (χ0v) is 15.1. The molecule has 1 aromatic carbocycles. The fourth-order valence-electron chi connectivity index (χ4n) is 2.71. The van der Waals surface area contributed by atoms with Crippen molar-refractivity contribution in [1.82, 2.24) is 14.2 Å². The molecule has 0 spiro atoms. The topological polar surface area (TPSA) is 111 Å². The minimum atomic E-state index is -3.76. The third kappa shape index (κ3) is 3.32. The Morgan fingerprint density at radius 3 is 2.40 bits per heavy atom. The van der Waals surface area contributed by atoms with Crippen LogP contribution in [-0.2, 0) is 10.0 Å². The second kappa shape index (κ2) is 6.62. The molecule has 0 bridgehead atoms. The number of nitrogens with one attached hydrogen (secondary N) is 1. The van der Waals surface area contributed by atoms with Gasteiger partial charge in [-0.05, 0) is 19.1 Å². The van der Waals surface area contributed by atoms with E-state index in [1.54, 1.807) is 19.1 Å². The molecule has 0 aliphatic carbocycles. The molecule has 0 radical (unpaired) electrons. The van der Waals surface area contributed by atoms with Crippen LogP contribution in [0.2, 0.25) is 0 Å².